The predicted molar refractivity (Wildman–Crippen MR) is 129 cm³/mol. The van der Waals surface area contributed by atoms with E-state index in [9.17, 15) is 18.0 Å². The van der Waals surface area contributed by atoms with Crippen LogP contribution in [0.15, 0.2) is 53.4 Å². The zero-order chi connectivity index (χ0) is 24.6. The first-order valence-corrected chi connectivity index (χ1v) is 13.5. The summed E-state index contributed by atoms with van der Waals surface area (Å²) in [6.07, 6.45) is 3.77. The molecule has 8 nitrogen and oxygen atoms in total. The van der Waals surface area contributed by atoms with Crippen LogP contribution < -0.4 is 5.32 Å². The summed E-state index contributed by atoms with van der Waals surface area (Å²) in [4.78, 5) is 27.8. The van der Waals surface area contributed by atoms with E-state index in [4.69, 9.17) is 5.26 Å². The van der Waals surface area contributed by atoms with Gasteiger partial charge in [0.25, 0.3) is 5.91 Å². The lowest BCUT2D eigenvalue weighted by Crippen LogP contribution is -2.49. The first-order chi connectivity index (χ1) is 16.9. The molecule has 0 spiro atoms. The van der Waals surface area contributed by atoms with E-state index in [1.54, 1.807) is 6.07 Å². The molecule has 0 radical (unpaired) electrons. The van der Waals surface area contributed by atoms with Crippen molar-refractivity contribution in [1.82, 2.24) is 14.5 Å². The molecule has 0 unspecified atom stereocenters. The number of hydrogen-bond donors (Lipinski definition) is 1. The predicted octanol–water partition coefficient (Wildman–Crippen LogP) is 2.63. The molecule has 3 fully saturated rings. The van der Waals surface area contributed by atoms with E-state index >= 15 is 0 Å². The average Bonchev–Trinajstić information content (AvgIpc) is 3.57. The molecule has 1 aliphatic carbocycles. The Morgan fingerprint density at radius 2 is 1.80 bits per heavy atom. The van der Waals surface area contributed by atoms with Crippen LogP contribution in [0.4, 0.5) is 0 Å². The molecule has 2 saturated heterocycles. The van der Waals surface area contributed by atoms with Gasteiger partial charge in [-0.3, -0.25) is 9.59 Å². The molecule has 2 aromatic rings. The molecule has 2 heterocycles. The minimum absolute atomic E-state index is 0.0228. The second-order valence-electron chi connectivity index (χ2n) is 9.57. The molecular formula is C26H28N4O4S. The van der Waals surface area contributed by atoms with Crippen molar-refractivity contribution in [2.24, 2.45) is 5.92 Å². The molecular weight excluding hydrogens is 464 g/mol. The zero-order valence-electron chi connectivity index (χ0n) is 19.4. The quantitative estimate of drug-likeness (QED) is 0.639. The van der Waals surface area contributed by atoms with Crippen molar-refractivity contribution in [2.45, 2.75) is 49.1 Å². The lowest BCUT2D eigenvalue weighted by atomic mass is 10.1. The van der Waals surface area contributed by atoms with Crippen LogP contribution in [-0.2, 0) is 21.4 Å². The number of benzene rings is 2. The van der Waals surface area contributed by atoms with Gasteiger partial charge < -0.3 is 10.2 Å². The van der Waals surface area contributed by atoms with Gasteiger partial charge in [-0.25, -0.2) is 8.42 Å². The average molecular weight is 493 g/mol. The second kappa shape index (κ2) is 9.44. The lowest BCUT2D eigenvalue weighted by Gasteiger charge is -2.34. The second-order valence-corrected chi connectivity index (χ2v) is 11.5. The Morgan fingerprint density at radius 3 is 2.49 bits per heavy atom. The summed E-state index contributed by atoms with van der Waals surface area (Å²) in [5.74, 6) is -0.166. The largest absolute Gasteiger partial charge is 0.350 e. The number of likely N-dealkylation sites (tertiary alicyclic amines) is 1. The van der Waals surface area contributed by atoms with Crippen LogP contribution in [-0.4, -0.2) is 55.1 Å². The molecule has 5 rings (SSSR count). The molecule has 9 heteroatoms. The van der Waals surface area contributed by atoms with Crippen LogP contribution in [0.25, 0.3) is 0 Å². The van der Waals surface area contributed by atoms with Gasteiger partial charge in [0, 0.05) is 31.7 Å². The van der Waals surface area contributed by atoms with Crippen molar-refractivity contribution >= 4 is 21.8 Å². The van der Waals surface area contributed by atoms with Crippen LogP contribution in [0, 0.1) is 17.2 Å². The van der Waals surface area contributed by atoms with Crippen LogP contribution in [0.1, 0.15) is 53.1 Å². The van der Waals surface area contributed by atoms with Gasteiger partial charge in [-0.15, -0.1) is 0 Å². The first kappa shape index (κ1) is 23.5. The summed E-state index contributed by atoms with van der Waals surface area (Å²) >= 11 is 0. The number of carbonyl (C=O) groups is 2. The lowest BCUT2D eigenvalue weighted by molar-refractivity contribution is -0.125. The number of nitrogens with one attached hydrogen (secondary N) is 1. The summed E-state index contributed by atoms with van der Waals surface area (Å²) in [6.45, 7) is 1.17. The number of rotatable bonds is 7. The van der Waals surface area contributed by atoms with Crippen molar-refractivity contribution in [3.05, 3.63) is 65.2 Å². The van der Waals surface area contributed by atoms with Gasteiger partial charge in [0.1, 0.15) is 6.04 Å². The third-order valence-electron chi connectivity index (χ3n) is 7.06. The van der Waals surface area contributed by atoms with Crippen LogP contribution in [0.2, 0.25) is 0 Å². The monoisotopic (exact) mass is 492 g/mol. The highest BCUT2D eigenvalue weighted by molar-refractivity contribution is 7.89. The minimum Gasteiger partial charge on any atom is -0.350 e. The normalized spacial score (nSPS) is 20.8. The molecule has 35 heavy (non-hydrogen) atoms. The first-order valence-electron chi connectivity index (χ1n) is 12.0. The van der Waals surface area contributed by atoms with Crippen LogP contribution in [0.3, 0.4) is 0 Å². The van der Waals surface area contributed by atoms with Gasteiger partial charge in [-0.2, -0.15) is 9.57 Å². The molecule has 182 valence electrons. The van der Waals surface area contributed by atoms with Gasteiger partial charge in [0.15, 0.2) is 0 Å². The number of sulfonamides is 1. The fraction of sp³-hybridized carbons (Fsp3) is 0.423. The van der Waals surface area contributed by atoms with E-state index in [-0.39, 0.29) is 41.3 Å². The van der Waals surface area contributed by atoms with E-state index in [0.717, 1.165) is 5.56 Å². The van der Waals surface area contributed by atoms with Gasteiger partial charge >= 0.3 is 0 Å². The summed E-state index contributed by atoms with van der Waals surface area (Å²) in [7, 11) is -3.77. The van der Waals surface area contributed by atoms with Crippen molar-refractivity contribution in [1.29, 1.82) is 5.26 Å². The van der Waals surface area contributed by atoms with E-state index < -0.39 is 16.1 Å². The Balaban J connectivity index is 1.23. The fourth-order valence-corrected chi connectivity index (χ4v) is 6.31. The Hall–Kier alpha value is -3.22. The van der Waals surface area contributed by atoms with Gasteiger partial charge in [-0.1, -0.05) is 30.3 Å². The molecule has 3 aliphatic rings. The van der Waals surface area contributed by atoms with Gasteiger partial charge in [0.2, 0.25) is 15.9 Å². The minimum atomic E-state index is -3.77. The molecule has 2 amide bonds. The molecule has 1 N–H and O–H groups in total. The third-order valence-corrected chi connectivity index (χ3v) is 8.89. The van der Waals surface area contributed by atoms with Gasteiger partial charge in [-0.05, 0) is 60.9 Å². The SMILES string of the molecule is N#CC1CN(S(=O)(=O)c2cccc(C(=O)N3CCC[C@@H]3C(=O)NCc3ccc(C4CC4)cc3)c2)C1. The molecule has 1 atom stereocenters. The summed E-state index contributed by atoms with van der Waals surface area (Å²) in [6, 6.07) is 15.7. The summed E-state index contributed by atoms with van der Waals surface area (Å²) in [5, 5.41) is 11.9. The Kier molecular flexibility index (Phi) is 6.34. The highest BCUT2D eigenvalue weighted by Crippen LogP contribution is 2.39. The Bertz CT molecular complexity index is 1280. The van der Waals surface area contributed by atoms with E-state index in [2.05, 4.69) is 23.5 Å². The maximum Gasteiger partial charge on any atom is 0.254 e. The smallest absolute Gasteiger partial charge is 0.254 e. The number of nitriles is 1. The standard InChI is InChI=1S/C26H28N4O4S/c27-14-19-16-29(17-19)35(33,34)23-4-1-3-22(13-23)26(32)30-12-2-5-24(30)25(31)28-15-18-6-8-20(9-7-18)21-10-11-21/h1,3-4,6-9,13,19,21,24H,2,5,10-12,15-17H2,(H,28,31)/t24-/m1/s1. The fourth-order valence-electron chi connectivity index (χ4n) is 4.73. The Morgan fingerprint density at radius 1 is 1.06 bits per heavy atom. The maximum absolute atomic E-state index is 13.3. The molecule has 0 bridgehead atoms. The highest BCUT2D eigenvalue weighted by atomic mass is 32.2. The van der Waals surface area contributed by atoms with Crippen molar-refractivity contribution < 1.29 is 18.0 Å². The molecule has 1 saturated carbocycles. The number of amides is 2. The Labute approximate surface area is 205 Å². The molecule has 2 aromatic carbocycles. The van der Waals surface area contributed by atoms with E-state index in [0.29, 0.717) is 31.8 Å². The van der Waals surface area contributed by atoms with E-state index in [1.165, 1.54) is 45.8 Å². The maximum atomic E-state index is 13.3. The number of carbonyl (C=O) groups excluding carboxylic acids is 2. The van der Waals surface area contributed by atoms with Gasteiger partial charge in [0.05, 0.1) is 16.9 Å². The van der Waals surface area contributed by atoms with Crippen LogP contribution in [0.5, 0.6) is 0 Å². The number of nitrogens with zero attached hydrogens (tertiary/aromatic N) is 3. The van der Waals surface area contributed by atoms with E-state index in [1.807, 2.05) is 12.1 Å². The third kappa shape index (κ3) is 4.81. The van der Waals surface area contributed by atoms with Crippen molar-refractivity contribution in [3.8, 4) is 6.07 Å². The molecule has 0 aromatic heterocycles. The zero-order valence-corrected chi connectivity index (χ0v) is 20.2. The summed E-state index contributed by atoms with van der Waals surface area (Å²) < 4.78 is 27.0. The highest BCUT2D eigenvalue weighted by Gasteiger charge is 2.38. The number of hydrogen-bond acceptors (Lipinski definition) is 5. The summed E-state index contributed by atoms with van der Waals surface area (Å²) in [5.41, 5.74) is 2.59. The molecule has 2 aliphatic heterocycles. The van der Waals surface area contributed by atoms with Crippen molar-refractivity contribution in [3.63, 3.8) is 0 Å². The van der Waals surface area contributed by atoms with Crippen LogP contribution >= 0.6 is 0 Å². The topological polar surface area (TPSA) is 111 Å². The van der Waals surface area contributed by atoms with Crippen molar-refractivity contribution in [2.75, 3.05) is 19.6 Å².